The first kappa shape index (κ1) is 22.8. The number of nitrogens with one attached hydrogen (secondary N) is 1. The van der Waals surface area contributed by atoms with Crippen LogP contribution in [0.4, 0.5) is 9.59 Å². The third-order valence-electron chi connectivity index (χ3n) is 3.36. The Morgan fingerprint density at radius 2 is 1.20 bits per heavy atom. The van der Waals surface area contributed by atoms with E-state index in [1.807, 2.05) is 0 Å². The van der Waals surface area contributed by atoms with Crippen molar-refractivity contribution in [2.24, 2.45) is 0 Å². The van der Waals surface area contributed by atoms with Crippen LogP contribution in [0.5, 0.6) is 0 Å². The molecule has 0 atom stereocenters. The fourth-order valence-electron chi connectivity index (χ4n) is 1.96. The maximum atomic E-state index is 11.7. The number of rotatable bonds is 9. The Balaban J connectivity index is 1.49. The molecule has 0 spiro atoms. The zero-order valence-electron chi connectivity index (χ0n) is 15.8. The lowest BCUT2D eigenvalue weighted by Gasteiger charge is -2.08. The van der Waals surface area contributed by atoms with E-state index >= 15 is 0 Å². The first-order valence-corrected chi connectivity index (χ1v) is 9.69. The summed E-state index contributed by atoms with van der Waals surface area (Å²) in [5, 5.41) is 1.72. The molecule has 0 radical (unpaired) electrons. The molecule has 1 amide bonds. The third-order valence-corrected chi connectivity index (χ3v) is 4.12. The molecule has 0 aliphatic carbocycles. The predicted molar refractivity (Wildman–Crippen MR) is 107 cm³/mol. The summed E-state index contributed by atoms with van der Waals surface area (Å²) in [4.78, 5) is 46.3. The van der Waals surface area contributed by atoms with Gasteiger partial charge in [-0.15, -0.1) is 0 Å². The predicted octanol–water partition coefficient (Wildman–Crippen LogP) is 3.21. The maximum Gasteiger partial charge on any atom is 0.410 e. The Kier molecular flexibility index (Phi) is 9.74. The molecule has 0 aromatic heterocycles. The van der Waals surface area contributed by atoms with E-state index < -0.39 is 36.9 Å². The van der Waals surface area contributed by atoms with Crippen LogP contribution in [0.3, 0.4) is 0 Å². The lowest BCUT2D eigenvalue weighted by molar-refractivity contribution is -0.00249. The SMILES string of the molecule is O=C(NCCSC(=O)OCOC(=O)c1ccccc1)OCOC(=O)c1ccccc1. The van der Waals surface area contributed by atoms with Gasteiger partial charge in [0.25, 0.3) is 0 Å². The monoisotopic (exact) mass is 433 g/mol. The number of ether oxygens (including phenoxy) is 4. The summed E-state index contributed by atoms with van der Waals surface area (Å²) < 4.78 is 19.1. The van der Waals surface area contributed by atoms with Crippen molar-refractivity contribution < 1.29 is 38.1 Å². The van der Waals surface area contributed by atoms with E-state index in [4.69, 9.17) is 18.9 Å². The number of carbonyl (C=O) groups excluding carboxylic acids is 4. The Bertz CT molecular complexity index is 773. The number of amides is 1. The van der Waals surface area contributed by atoms with Gasteiger partial charge in [-0.25, -0.2) is 19.2 Å². The van der Waals surface area contributed by atoms with Crippen molar-refractivity contribution in [3.05, 3.63) is 71.8 Å². The van der Waals surface area contributed by atoms with Crippen LogP contribution in [0.15, 0.2) is 60.7 Å². The molecule has 0 saturated heterocycles. The number of benzene rings is 2. The normalized spacial score (nSPS) is 9.87. The molecule has 158 valence electrons. The molecular weight excluding hydrogens is 414 g/mol. The second-order valence-electron chi connectivity index (χ2n) is 5.43. The molecule has 0 saturated carbocycles. The summed E-state index contributed by atoms with van der Waals surface area (Å²) in [6.45, 7) is -0.946. The Hall–Kier alpha value is -3.53. The fourth-order valence-corrected chi connectivity index (χ4v) is 2.47. The van der Waals surface area contributed by atoms with E-state index in [-0.39, 0.29) is 12.3 Å². The number of carbonyl (C=O) groups is 4. The molecule has 30 heavy (non-hydrogen) atoms. The zero-order chi connectivity index (χ0) is 21.6. The highest BCUT2D eigenvalue weighted by Gasteiger charge is 2.10. The van der Waals surface area contributed by atoms with Crippen molar-refractivity contribution in [2.45, 2.75) is 0 Å². The minimum atomic E-state index is -0.804. The highest BCUT2D eigenvalue weighted by Crippen LogP contribution is 2.06. The van der Waals surface area contributed by atoms with Gasteiger partial charge in [-0.1, -0.05) is 36.4 Å². The number of hydrogen-bond acceptors (Lipinski definition) is 9. The van der Waals surface area contributed by atoms with Gasteiger partial charge in [0.2, 0.25) is 13.6 Å². The molecule has 10 heteroatoms. The minimum absolute atomic E-state index is 0.106. The van der Waals surface area contributed by atoms with E-state index in [0.29, 0.717) is 11.1 Å². The van der Waals surface area contributed by atoms with E-state index in [2.05, 4.69) is 5.32 Å². The smallest absolute Gasteiger partial charge is 0.410 e. The molecule has 0 aliphatic rings. The van der Waals surface area contributed by atoms with Crippen molar-refractivity contribution in [2.75, 3.05) is 25.9 Å². The summed E-state index contributed by atoms with van der Waals surface area (Å²) >= 11 is 0.784. The van der Waals surface area contributed by atoms with Gasteiger partial charge in [0.1, 0.15) is 0 Å². The molecular formula is C20H19NO8S. The lowest BCUT2D eigenvalue weighted by Crippen LogP contribution is -2.28. The van der Waals surface area contributed by atoms with Crippen molar-refractivity contribution in [3.8, 4) is 0 Å². The summed E-state index contributed by atoms with van der Waals surface area (Å²) in [5.41, 5.74) is 0.684. The molecule has 0 unspecified atom stereocenters. The number of esters is 2. The van der Waals surface area contributed by atoms with Crippen LogP contribution in [-0.2, 0) is 18.9 Å². The Morgan fingerprint density at radius 3 is 1.73 bits per heavy atom. The fraction of sp³-hybridized carbons (Fsp3) is 0.200. The Morgan fingerprint density at radius 1 is 0.700 bits per heavy atom. The number of alkyl carbamates (subject to hydrolysis) is 1. The Labute approximate surface area is 176 Å². The van der Waals surface area contributed by atoms with Crippen LogP contribution in [0.25, 0.3) is 0 Å². The molecule has 0 fully saturated rings. The number of hydrogen-bond donors (Lipinski definition) is 1. The van der Waals surface area contributed by atoms with Gasteiger partial charge in [0.15, 0.2) is 0 Å². The maximum absolute atomic E-state index is 11.7. The van der Waals surface area contributed by atoms with Crippen LogP contribution in [0.2, 0.25) is 0 Å². The van der Waals surface area contributed by atoms with Crippen molar-refractivity contribution >= 4 is 35.1 Å². The summed E-state index contributed by atoms with van der Waals surface area (Å²) in [5.74, 6) is -1.02. The van der Waals surface area contributed by atoms with Crippen LogP contribution < -0.4 is 5.32 Å². The van der Waals surface area contributed by atoms with Gasteiger partial charge >= 0.3 is 23.3 Å². The standard InChI is InChI=1S/C20H19NO8S/c22-17(15-7-3-1-4-8-15)26-13-28-19(24)21-11-12-30-20(25)29-14-27-18(23)16-9-5-2-6-10-16/h1-10H,11-14H2,(H,21,24). The van der Waals surface area contributed by atoms with Crippen molar-refractivity contribution in [1.29, 1.82) is 0 Å². The molecule has 0 aliphatic heterocycles. The highest BCUT2D eigenvalue weighted by atomic mass is 32.2. The summed E-state index contributed by atoms with van der Waals surface area (Å²) in [7, 11) is 0. The molecule has 2 aromatic rings. The van der Waals surface area contributed by atoms with Crippen LogP contribution in [0.1, 0.15) is 20.7 Å². The van der Waals surface area contributed by atoms with Gasteiger partial charge in [0, 0.05) is 12.3 Å². The molecule has 0 heterocycles. The van der Waals surface area contributed by atoms with E-state index in [0.717, 1.165) is 11.8 Å². The first-order chi connectivity index (χ1) is 14.6. The van der Waals surface area contributed by atoms with E-state index in [1.165, 1.54) is 0 Å². The minimum Gasteiger partial charge on any atom is -0.424 e. The quantitative estimate of drug-likeness (QED) is 0.361. The third kappa shape index (κ3) is 8.65. The second-order valence-corrected chi connectivity index (χ2v) is 6.46. The van der Waals surface area contributed by atoms with Crippen LogP contribution >= 0.6 is 11.8 Å². The van der Waals surface area contributed by atoms with Gasteiger partial charge in [-0.05, 0) is 36.0 Å². The highest BCUT2D eigenvalue weighted by molar-refractivity contribution is 8.13. The molecule has 1 N–H and O–H groups in total. The average molecular weight is 433 g/mol. The number of thioether (sulfide) groups is 1. The average Bonchev–Trinajstić information content (AvgIpc) is 2.77. The molecule has 2 rings (SSSR count). The molecule has 2 aromatic carbocycles. The van der Waals surface area contributed by atoms with Crippen LogP contribution in [0, 0.1) is 0 Å². The second kappa shape index (κ2) is 12.8. The van der Waals surface area contributed by atoms with Crippen molar-refractivity contribution in [3.63, 3.8) is 0 Å². The van der Waals surface area contributed by atoms with Crippen LogP contribution in [-0.4, -0.2) is 49.2 Å². The van der Waals surface area contributed by atoms with Gasteiger partial charge in [-0.3, -0.25) is 0 Å². The van der Waals surface area contributed by atoms with Gasteiger partial charge < -0.3 is 24.3 Å². The summed E-state index contributed by atoms with van der Waals surface area (Å²) in [6, 6.07) is 16.5. The van der Waals surface area contributed by atoms with Gasteiger partial charge in [0.05, 0.1) is 11.1 Å². The lowest BCUT2D eigenvalue weighted by atomic mass is 10.2. The summed E-state index contributed by atoms with van der Waals surface area (Å²) in [6.07, 6.45) is -0.804. The van der Waals surface area contributed by atoms with E-state index in [9.17, 15) is 19.2 Å². The van der Waals surface area contributed by atoms with Gasteiger partial charge in [-0.2, -0.15) is 0 Å². The molecule has 9 nitrogen and oxygen atoms in total. The van der Waals surface area contributed by atoms with E-state index in [1.54, 1.807) is 60.7 Å². The van der Waals surface area contributed by atoms with Crippen molar-refractivity contribution in [1.82, 2.24) is 5.32 Å². The first-order valence-electron chi connectivity index (χ1n) is 8.71. The molecule has 0 bridgehead atoms. The largest absolute Gasteiger partial charge is 0.424 e. The topological polar surface area (TPSA) is 117 Å². The zero-order valence-corrected chi connectivity index (χ0v) is 16.6.